The fourth-order valence-corrected chi connectivity index (χ4v) is 4.69. The molecule has 0 amide bonds. The molecule has 120 valence electrons. The maximum absolute atomic E-state index is 4.77. The topological polar surface area (TPSA) is 32.3 Å². The van der Waals surface area contributed by atoms with Crippen molar-refractivity contribution in [1.29, 1.82) is 0 Å². The number of rotatable bonds is 3. The Labute approximate surface area is 133 Å². The van der Waals surface area contributed by atoms with Gasteiger partial charge in [0.15, 0.2) is 0 Å². The van der Waals surface area contributed by atoms with Crippen molar-refractivity contribution in [2.75, 3.05) is 24.5 Å². The molecule has 0 N–H and O–H groups in total. The second-order valence-corrected chi connectivity index (χ2v) is 7.30. The Bertz CT molecular complexity index is 480. The molecule has 2 unspecified atom stereocenters. The third-order valence-electron chi connectivity index (χ3n) is 5.97. The first kappa shape index (κ1) is 14.4. The van der Waals surface area contributed by atoms with Gasteiger partial charge in [-0.25, -0.2) is 9.97 Å². The van der Waals surface area contributed by atoms with E-state index in [2.05, 4.69) is 29.1 Å². The minimum absolute atomic E-state index is 0.624. The van der Waals surface area contributed by atoms with Gasteiger partial charge in [0, 0.05) is 37.6 Å². The quantitative estimate of drug-likeness (QED) is 0.858. The summed E-state index contributed by atoms with van der Waals surface area (Å²) in [6.45, 7) is 5.80. The molecule has 22 heavy (non-hydrogen) atoms. The van der Waals surface area contributed by atoms with E-state index in [0.717, 1.165) is 5.95 Å². The average molecular weight is 300 g/mol. The van der Waals surface area contributed by atoms with Crippen molar-refractivity contribution in [3.05, 3.63) is 18.0 Å². The molecule has 2 atom stereocenters. The summed E-state index contributed by atoms with van der Waals surface area (Å²) in [5.41, 5.74) is 1.36. The van der Waals surface area contributed by atoms with E-state index in [1.165, 1.54) is 70.1 Å². The third kappa shape index (κ3) is 2.62. The molecule has 0 aromatic carbocycles. The average Bonchev–Trinajstić information content (AvgIpc) is 2.85. The number of anilines is 1. The Morgan fingerprint density at radius 1 is 0.955 bits per heavy atom. The van der Waals surface area contributed by atoms with Crippen LogP contribution in [0.1, 0.15) is 63.4 Å². The van der Waals surface area contributed by atoms with Crippen molar-refractivity contribution in [3.8, 4) is 0 Å². The van der Waals surface area contributed by atoms with Gasteiger partial charge in [0.05, 0.1) is 0 Å². The lowest BCUT2D eigenvalue weighted by Crippen LogP contribution is -2.54. The number of aromatic nitrogens is 2. The van der Waals surface area contributed by atoms with Gasteiger partial charge in [-0.2, -0.15) is 0 Å². The van der Waals surface area contributed by atoms with Crippen molar-refractivity contribution in [1.82, 2.24) is 14.9 Å². The van der Waals surface area contributed by atoms with Gasteiger partial charge in [-0.1, -0.05) is 26.2 Å². The number of fused-ring (bicyclic) bond motifs is 2. The molecule has 4 heteroatoms. The molecule has 3 aliphatic rings. The van der Waals surface area contributed by atoms with Crippen LogP contribution in [0.3, 0.4) is 0 Å². The van der Waals surface area contributed by atoms with Gasteiger partial charge < -0.3 is 4.90 Å². The molecular weight excluding hydrogens is 272 g/mol. The molecule has 2 bridgehead atoms. The molecule has 4 rings (SSSR count). The predicted molar refractivity (Wildman–Crippen MR) is 89.3 cm³/mol. The number of hydrogen-bond acceptors (Lipinski definition) is 4. The van der Waals surface area contributed by atoms with Gasteiger partial charge in [0.1, 0.15) is 0 Å². The SMILES string of the molecule is CCN1CC2CCC(C1)N2c1ncc(C2CCCCC2)cn1. The van der Waals surface area contributed by atoms with Gasteiger partial charge in [-0.3, -0.25) is 4.90 Å². The Hall–Kier alpha value is -1.16. The summed E-state index contributed by atoms with van der Waals surface area (Å²) in [4.78, 5) is 14.6. The second-order valence-electron chi connectivity index (χ2n) is 7.30. The zero-order chi connectivity index (χ0) is 14.9. The maximum atomic E-state index is 4.77. The van der Waals surface area contributed by atoms with Crippen molar-refractivity contribution in [2.24, 2.45) is 0 Å². The summed E-state index contributed by atoms with van der Waals surface area (Å²) in [6.07, 6.45) is 13.6. The van der Waals surface area contributed by atoms with Crippen LogP contribution in [-0.4, -0.2) is 46.6 Å². The highest BCUT2D eigenvalue weighted by atomic mass is 15.4. The van der Waals surface area contributed by atoms with Gasteiger partial charge in [0.25, 0.3) is 0 Å². The zero-order valence-corrected chi connectivity index (χ0v) is 13.7. The normalized spacial score (nSPS) is 30.0. The number of likely N-dealkylation sites (N-methyl/N-ethyl adjacent to an activating group) is 1. The lowest BCUT2D eigenvalue weighted by molar-refractivity contribution is 0.228. The summed E-state index contributed by atoms with van der Waals surface area (Å²) in [5, 5.41) is 0. The van der Waals surface area contributed by atoms with Crippen LogP contribution in [0.15, 0.2) is 12.4 Å². The summed E-state index contributed by atoms with van der Waals surface area (Å²) in [7, 11) is 0. The molecule has 3 fully saturated rings. The monoisotopic (exact) mass is 300 g/mol. The van der Waals surface area contributed by atoms with Gasteiger partial charge in [-0.05, 0) is 43.7 Å². The molecule has 2 saturated heterocycles. The number of nitrogens with zero attached hydrogens (tertiary/aromatic N) is 4. The van der Waals surface area contributed by atoms with Crippen LogP contribution in [0, 0.1) is 0 Å². The van der Waals surface area contributed by atoms with Crippen molar-refractivity contribution < 1.29 is 0 Å². The van der Waals surface area contributed by atoms with Crippen molar-refractivity contribution in [3.63, 3.8) is 0 Å². The second kappa shape index (κ2) is 6.15. The Balaban J connectivity index is 1.49. The fourth-order valence-electron chi connectivity index (χ4n) is 4.69. The third-order valence-corrected chi connectivity index (χ3v) is 5.97. The predicted octanol–water partition coefficient (Wildman–Crippen LogP) is 3.20. The smallest absolute Gasteiger partial charge is 0.225 e. The first-order valence-corrected chi connectivity index (χ1v) is 9.17. The van der Waals surface area contributed by atoms with Crippen LogP contribution >= 0.6 is 0 Å². The van der Waals surface area contributed by atoms with Crippen LogP contribution < -0.4 is 4.90 Å². The molecule has 0 spiro atoms. The van der Waals surface area contributed by atoms with E-state index in [-0.39, 0.29) is 0 Å². The standard InChI is InChI=1S/C18H28N4/c1-2-21-12-16-8-9-17(13-21)22(16)18-19-10-15(11-20-18)14-6-4-3-5-7-14/h10-11,14,16-17H,2-9,12-13H2,1H3. The zero-order valence-electron chi connectivity index (χ0n) is 13.7. The maximum Gasteiger partial charge on any atom is 0.225 e. The molecular formula is C18H28N4. The summed E-state index contributed by atoms with van der Waals surface area (Å²) in [5.74, 6) is 1.68. The molecule has 1 aromatic rings. The van der Waals surface area contributed by atoms with Crippen molar-refractivity contribution >= 4 is 5.95 Å². The van der Waals surface area contributed by atoms with Crippen LogP contribution in [0.4, 0.5) is 5.95 Å². The minimum Gasteiger partial charge on any atom is -0.332 e. The Kier molecular flexibility index (Phi) is 4.03. The van der Waals surface area contributed by atoms with E-state index in [0.29, 0.717) is 18.0 Å². The molecule has 1 aliphatic carbocycles. The van der Waals surface area contributed by atoms with E-state index in [1.807, 2.05) is 0 Å². The highest BCUT2D eigenvalue weighted by molar-refractivity contribution is 5.38. The number of piperazine rings is 1. The highest BCUT2D eigenvalue weighted by Crippen LogP contribution is 2.35. The largest absolute Gasteiger partial charge is 0.332 e. The lowest BCUT2D eigenvalue weighted by Gasteiger charge is -2.40. The Morgan fingerprint density at radius 2 is 1.59 bits per heavy atom. The van der Waals surface area contributed by atoms with E-state index in [1.54, 1.807) is 0 Å². The lowest BCUT2D eigenvalue weighted by atomic mass is 9.85. The minimum atomic E-state index is 0.624. The molecule has 4 nitrogen and oxygen atoms in total. The first-order chi connectivity index (χ1) is 10.8. The van der Waals surface area contributed by atoms with E-state index >= 15 is 0 Å². The summed E-state index contributed by atoms with van der Waals surface area (Å²) < 4.78 is 0. The first-order valence-electron chi connectivity index (χ1n) is 9.17. The molecule has 3 heterocycles. The number of hydrogen-bond donors (Lipinski definition) is 0. The highest BCUT2D eigenvalue weighted by Gasteiger charge is 2.40. The Morgan fingerprint density at radius 3 is 2.18 bits per heavy atom. The van der Waals surface area contributed by atoms with E-state index in [4.69, 9.17) is 9.97 Å². The molecule has 2 aliphatic heterocycles. The van der Waals surface area contributed by atoms with Gasteiger partial charge in [0.2, 0.25) is 5.95 Å². The van der Waals surface area contributed by atoms with Gasteiger partial charge in [-0.15, -0.1) is 0 Å². The van der Waals surface area contributed by atoms with Crippen molar-refractivity contribution in [2.45, 2.75) is 69.9 Å². The summed E-state index contributed by atoms with van der Waals surface area (Å²) >= 11 is 0. The molecule has 0 radical (unpaired) electrons. The number of likely N-dealkylation sites (tertiary alicyclic amines) is 1. The molecule has 1 saturated carbocycles. The van der Waals surface area contributed by atoms with Crippen LogP contribution in [0.5, 0.6) is 0 Å². The molecule has 1 aromatic heterocycles. The van der Waals surface area contributed by atoms with Crippen LogP contribution in [0.2, 0.25) is 0 Å². The van der Waals surface area contributed by atoms with Gasteiger partial charge >= 0.3 is 0 Å². The fraction of sp³-hybridized carbons (Fsp3) is 0.778. The summed E-state index contributed by atoms with van der Waals surface area (Å²) in [6, 6.07) is 1.25. The van der Waals surface area contributed by atoms with E-state index in [9.17, 15) is 0 Å². The van der Waals surface area contributed by atoms with Crippen LogP contribution in [-0.2, 0) is 0 Å². The van der Waals surface area contributed by atoms with Crippen LogP contribution in [0.25, 0.3) is 0 Å². The van der Waals surface area contributed by atoms with E-state index < -0.39 is 0 Å².